The molecule has 1 N–H and O–H groups in total. The molecule has 0 atom stereocenters. The summed E-state index contributed by atoms with van der Waals surface area (Å²) in [5.41, 5.74) is 0.908. The molecule has 0 saturated heterocycles. The van der Waals surface area contributed by atoms with Gasteiger partial charge in [0.05, 0.1) is 5.56 Å². The molecule has 0 aliphatic carbocycles. The molecule has 0 spiro atoms. The fourth-order valence-electron chi connectivity index (χ4n) is 1.36. The van der Waals surface area contributed by atoms with Crippen molar-refractivity contribution in [1.29, 1.82) is 0 Å². The summed E-state index contributed by atoms with van der Waals surface area (Å²) in [7, 11) is 0. The van der Waals surface area contributed by atoms with E-state index < -0.39 is 0 Å². The van der Waals surface area contributed by atoms with Gasteiger partial charge in [-0.15, -0.1) is 6.42 Å². The quantitative estimate of drug-likeness (QED) is 0.765. The first-order valence-corrected chi connectivity index (χ1v) is 5.90. The SMILES string of the molecule is C#CCOc1nc(CC)nc(NCCC)c1C. The maximum absolute atomic E-state index is 5.42. The van der Waals surface area contributed by atoms with Crippen molar-refractivity contribution in [3.8, 4) is 18.2 Å². The van der Waals surface area contributed by atoms with Crippen molar-refractivity contribution in [2.75, 3.05) is 18.5 Å². The van der Waals surface area contributed by atoms with Gasteiger partial charge in [0.2, 0.25) is 5.88 Å². The van der Waals surface area contributed by atoms with Crippen molar-refractivity contribution in [1.82, 2.24) is 9.97 Å². The highest BCUT2D eigenvalue weighted by atomic mass is 16.5. The highest BCUT2D eigenvalue weighted by molar-refractivity contribution is 5.48. The molecule has 1 aromatic rings. The zero-order chi connectivity index (χ0) is 12.7. The van der Waals surface area contributed by atoms with Crippen LogP contribution in [0.2, 0.25) is 0 Å². The highest BCUT2D eigenvalue weighted by Crippen LogP contribution is 2.22. The lowest BCUT2D eigenvalue weighted by atomic mass is 10.3. The topological polar surface area (TPSA) is 47.0 Å². The zero-order valence-electron chi connectivity index (χ0n) is 10.7. The van der Waals surface area contributed by atoms with Gasteiger partial charge >= 0.3 is 0 Å². The molecule has 1 aromatic heterocycles. The maximum Gasteiger partial charge on any atom is 0.222 e. The van der Waals surface area contributed by atoms with E-state index in [1.165, 1.54) is 0 Å². The summed E-state index contributed by atoms with van der Waals surface area (Å²) < 4.78 is 5.42. The summed E-state index contributed by atoms with van der Waals surface area (Å²) in [5, 5.41) is 3.27. The van der Waals surface area contributed by atoms with E-state index in [1.807, 2.05) is 13.8 Å². The van der Waals surface area contributed by atoms with E-state index in [9.17, 15) is 0 Å². The van der Waals surface area contributed by atoms with Crippen molar-refractivity contribution in [3.63, 3.8) is 0 Å². The second kappa shape index (κ2) is 6.74. The number of aryl methyl sites for hydroxylation is 1. The molecule has 0 aliphatic heterocycles. The highest BCUT2D eigenvalue weighted by Gasteiger charge is 2.10. The third-order valence-electron chi connectivity index (χ3n) is 2.30. The van der Waals surface area contributed by atoms with E-state index in [-0.39, 0.29) is 6.61 Å². The van der Waals surface area contributed by atoms with Gasteiger partial charge in [-0.25, -0.2) is 4.98 Å². The fourth-order valence-corrected chi connectivity index (χ4v) is 1.36. The van der Waals surface area contributed by atoms with Crippen LogP contribution in [0, 0.1) is 19.3 Å². The largest absolute Gasteiger partial charge is 0.464 e. The van der Waals surface area contributed by atoms with Gasteiger partial charge in [0.25, 0.3) is 0 Å². The average Bonchev–Trinajstić information content (AvgIpc) is 2.36. The second-order valence-corrected chi connectivity index (χ2v) is 3.69. The van der Waals surface area contributed by atoms with E-state index in [4.69, 9.17) is 11.2 Å². The first-order chi connectivity index (χ1) is 8.22. The minimum absolute atomic E-state index is 0.230. The fraction of sp³-hybridized carbons (Fsp3) is 0.538. The van der Waals surface area contributed by atoms with Crippen LogP contribution in [0.15, 0.2) is 0 Å². The van der Waals surface area contributed by atoms with Gasteiger partial charge in [-0.05, 0) is 13.3 Å². The van der Waals surface area contributed by atoms with Crippen molar-refractivity contribution in [2.45, 2.75) is 33.6 Å². The van der Waals surface area contributed by atoms with E-state index in [0.29, 0.717) is 5.88 Å². The molecule has 0 bridgehead atoms. The van der Waals surface area contributed by atoms with E-state index >= 15 is 0 Å². The molecule has 0 amide bonds. The number of aromatic nitrogens is 2. The van der Waals surface area contributed by atoms with Crippen molar-refractivity contribution >= 4 is 5.82 Å². The van der Waals surface area contributed by atoms with Crippen LogP contribution in [-0.4, -0.2) is 23.1 Å². The second-order valence-electron chi connectivity index (χ2n) is 3.69. The van der Waals surface area contributed by atoms with Gasteiger partial charge in [-0.1, -0.05) is 19.8 Å². The minimum Gasteiger partial charge on any atom is -0.464 e. The normalized spacial score (nSPS) is 9.76. The molecule has 0 radical (unpaired) electrons. The first kappa shape index (κ1) is 13.3. The molecular weight excluding hydrogens is 214 g/mol. The molecule has 0 aliphatic rings. The van der Waals surface area contributed by atoms with Crippen molar-refractivity contribution < 1.29 is 4.74 Å². The lowest BCUT2D eigenvalue weighted by molar-refractivity contribution is 0.350. The number of terminal acetylenes is 1. The van der Waals surface area contributed by atoms with Crippen LogP contribution in [0.25, 0.3) is 0 Å². The maximum atomic E-state index is 5.42. The molecule has 0 unspecified atom stereocenters. The lowest BCUT2D eigenvalue weighted by Crippen LogP contribution is -2.10. The van der Waals surface area contributed by atoms with Gasteiger partial charge in [0.15, 0.2) is 6.61 Å². The van der Waals surface area contributed by atoms with Crippen LogP contribution in [0.1, 0.15) is 31.7 Å². The third-order valence-corrected chi connectivity index (χ3v) is 2.30. The van der Waals surface area contributed by atoms with Crippen molar-refractivity contribution in [2.24, 2.45) is 0 Å². The molecule has 0 fully saturated rings. The molecule has 17 heavy (non-hydrogen) atoms. The van der Waals surface area contributed by atoms with Gasteiger partial charge in [-0.2, -0.15) is 4.98 Å². The molecule has 1 rings (SSSR count). The summed E-state index contributed by atoms with van der Waals surface area (Å²) in [5.74, 6) is 4.62. The molecule has 4 heteroatoms. The van der Waals surface area contributed by atoms with Crippen molar-refractivity contribution in [3.05, 3.63) is 11.4 Å². The summed E-state index contributed by atoms with van der Waals surface area (Å²) in [6.07, 6.45) is 7.00. The Morgan fingerprint density at radius 3 is 2.71 bits per heavy atom. The summed E-state index contributed by atoms with van der Waals surface area (Å²) in [6.45, 7) is 7.17. The molecule has 0 saturated carbocycles. The number of nitrogens with one attached hydrogen (secondary N) is 1. The van der Waals surface area contributed by atoms with Crippen LogP contribution in [-0.2, 0) is 6.42 Å². The summed E-state index contributed by atoms with van der Waals surface area (Å²) >= 11 is 0. The van der Waals surface area contributed by atoms with E-state index in [2.05, 4.69) is 28.1 Å². The number of rotatable bonds is 6. The number of nitrogens with zero attached hydrogens (tertiary/aromatic N) is 2. The van der Waals surface area contributed by atoms with E-state index in [0.717, 1.165) is 36.6 Å². The van der Waals surface area contributed by atoms with Crippen LogP contribution in [0.3, 0.4) is 0 Å². The minimum atomic E-state index is 0.230. The number of anilines is 1. The Morgan fingerprint density at radius 1 is 1.35 bits per heavy atom. The smallest absolute Gasteiger partial charge is 0.222 e. The Labute approximate surface area is 103 Å². The van der Waals surface area contributed by atoms with Gasteiger partial charge in [-0.3, -0.25) is 0 Å². The number of ether oxygens (including phenoxy) is 1. The Balaban J connectivity index is 2.98. The zero-order valence-corrected chi connectivity index (χ0v) is 10.7. The van der Waals surface area contributed by atoms with Crippen LogP contribution < -0.4 is 10.1 Å². The molecular formula is C13H19N3O. The third kappa shape index (κ3) is 3.63. The Morgan fingerprint density at radius 2 is 2.12 bits per heavy atom. The summed E-state index contributed by atoms with van der Waals surface area (Å²) in [6, 6.07) is 0. The van der Waals surface area contributed by atoms with Gasteiger partial charge < -0.3 is 10.1 Å². The summed E-state index contributed by atoms with van der Waals surface area (Å²) in [4.78, 5) is 8.77. The van der Waals surface area contributed by atoms with Crippen LogP contribution in [0.4, 0.5) is 5.82 Å². The predicted molar refractivity (Wildman–Crippen MR) is 69.3 cm³/mol. The monoisotopic (exact) mass is 233 g/mol. The Kier molecular flexibility index (Phi) is 5.28. The van der Waals surface area contributed by atoms with Gasteiger partial charge in [0, 0.05) is 13.0 Å². The molecule has 92 valence electrons. The average molecular weight is 233 g/mol. The van der Waals surface area contributed by atoms with Crippen LogP contribution in [0.5, 0.6) is 5.88 Å². The predicted octanol–water partition coefficient (Wildman–Crippen LogP) is 2.18. The molecule has 1 heterocycles. The molecule has 4 nitrogen and oxygen atoms in total. The Bertz CT molecular complexity index is 410. The number of hydrogen-bond donors (Lipinski definition) is 1. The molecule has 0 aromatic carbocycles. The standard InChI is InChI=1S/C13H19N3O/c1-5-8-14-12-10(4)13(17-9-6-2)16-11(7-3)15-12/h2H,5,7-9H2,1,3-4H3,(H,14,15,16). The Hall–Kier alpha value is -1.76. The number of hydrogen-bond acceptors (Lipinski definition) is 4. The van der Waals surface area contributed by atoms with Gasteiger partial charge in [0.1, 0.15) is 11.6 Å². The van der Waals surface area contributed by atoms with Crippen LogP contribution >= 0.6 is 0 Å². The van der Waals surface area contributed by atoms with E-state index in [1.54, 1.807) is 0 Å². The lowest BCUT2D eigenvalue weighted by Gasteiger charge is -2.12. The first-order valence-electron chi connectivity index (χ1n) is 5.90.